The van der Waals surface area contributed by atoms with Crippen molar-refractivity contribution in [2.24, 2.45) is 0 Å². The molecule has 0 aliphatic rings. The monoisotopic (exact) mass is 179 g/mol. The van der Waals surface area contributed by atoms with Crippen molar-refractivity contribution in [3.63, 3.8) is 0 Å². The molecule has 1 N–H and O–H groups in total. The van der Waals surface area contributed by atoms with Crippen molar-refractivity contribution in [3.8, 4) is 0 Å². The molecule has 1 aromatic rings. The van der Waals surface area contributed by atoms with E-state index < -0.39 is 0 Å². The van der Waals surface area contributed by atoms with Crippen LogP contribution in [-0.2, 0) is 6.54 Å². The average molecular weight is 179 g/mol. The van der Waals surface area contributed by atoms with Gasteiger partial charge in [-0.3, -0.25) is 0 Å². The van der Waals surface area contributed by atoms with Crippen LogP contribution in [0.3, 0.4) is 0 Å². The second-order valence-corrected chi connectivity index (χ2v) is 3.03. The molecule has 3 heteroatoms. The van der Waals surface area contributed by atoms with Gasteiger partial charge >= 0.3 is 0 Å². The number of nitrogens with one attached hydrogen (secondary N) is 1. The van der Waals surface area contributed by atoms with Gasteiger partial charge in [-0.1, -0.05) is 6.07 Å². The molecule has 0 radical (unpaired) electrons. The van der Waals surface area contributed by atoms with E-state index in [-0.39, 0.29) is 0 Å². The molecule has 0 spiro atoms. The van der Waals surface area contributed by atoms with Crippen LogP contribution in [-0.4, -0.2) is 25.6 Å². The van der Waals surface area contributed by atoms with Gasteiger partial charge in [-0.15, -0.1) is 0 Å². The maximum Gasteiger partial charge on any atom is 0.128 e. The summed E-state index contributed by atoms with van der Waals surface area (Å²) < 4.78 is 0. The Morgan fingerprint density at radius 1 is 1.46 bits per heavy atom. The van der Waals surface area contributed by atoms with Crippen molar-refractivity contribution in [1.82, 2.24) is 10.3 Å². The predicted octanol–water partition coefficient (Wildman–Crippen LogP) is 1.26. The molecule has 72 valence electrons. The molecule has 0 fully saturated rings. The zero-order valence-corrected chi connectivity index (χ0v) is 8.54. The first-order valence-electron chi connectivity index (χ1n) is 4.59. The third-order valence-corrected chi connectivity index (χ3v) is 2.02. The molecule has 0 unspecified atom stereocenters. The van der Waals surface area contributed by atoms with Gasteiger partial charge in [-0.2, -0.15) is 0 Å². The number of nitrogens with zero attached hydrogens (tertiary/aromatic N) is 2. The highest BCUT2D eigenvalue weighted by molar-refractivity contribution is 5.37. The Hall–Kier alpha value is -1.09. The quantitative estimate of drug-likeness (QED) is 0.754. The van der Waals surface area contributed by atoms with Gasteiger partial charge in [0.1, 0.15) is 5.82 Å². The Labute approximate surface area is 79.8 Å². The number of anilines is 1. The van der Waals surface area contributed by atoms with Gasteiger partial charge in [0.2, 0.25) is 0 Å². The van der Waals surface area contributed by atoms with Crippen molar-refractivity contribution in [2.75, 3.05) is 25.5 Å². The standard InChI is InChI=1S/C10H17N3/c1-4-13(3)10-7-5-6-9(12-10)8-11-2/h5-7,11H,4,8H2,1-3H3. The lowest BCUT2D eigenvalue weighted by Crippen LogP contribution is -2.18. The number of pyridine rings is 1. The molecule has 3 nitrogen and oxygen atoms in total. The fourth-order valence-corrected chi connectivity index (χ4v) is 1.12. The minimum atomic E-state index is 0.825. The van der Waals surface area contributed by atoms with Crippen LogP contribution >= 0.6 is 0 Å². The summed E-state index contributed by atoms with van der Waals surface area (Å²) in [6.07, 6.45) is 0. The molecule has 0 saturated carbocycles. The maximum atomic E-state index is 4.50. The zero-order valence-electron chi connectivity index (χ0n) is 8.54. The number of rotatable bonds is 4. The molecule has 0 atom stereocenters. The normalized spacial score (nSPS) is 10.1. The fourth-order valence-electron chi connectivity index (χ4n) is 1.12. The summed E-state index contributed by atoms with van der Waals surface area (Å²) in [4.78, 5) is 6.62. The van der Waals surface area contributed by atoms with E-state index in [0.29, 0.717) is 0 Å². The fraction of sp³-hybridized carbons (Fsp3) is 0.500. The molecule has 0 saturated heterocycles. The predicted molar refractivity (Wildman–Crippen MR) is 55.9 cm³/mol. The van der Waals surface area contributed by atoms with E-state index in [9.17, 15) is 0 Å². The van der Waals surface area contributed by atoms with Crippen molar-refractivity contribution < 1.29 is 0 Å². The Balaban J connectivity index is 2.78. The summed E-state index contributed by atoms with van der Waals surface area (Å²) in [5.41, 5.74) is 1.08. The van der Waals surface area contributed by atoms with Gasteiger partial charge < -0.3 is 10.2 Å². The Kier molecular flexibility index (Phi) is 3.71. The summed E-state index contributed by atoms with van der Waals surface area (Å²) in [6.45, 7) is 3.92. The van der Waals surface area contributed by atoms with Gasteiger partial charge in [-0.05, 0) is 26.1 Å². The molecule has 13 heavy (non-hydrogen) atoms. The SMILES string of the molecule is CCN(C)c1cccc(CNC)n1. The molecule has 0 bridgehead atoms. The summed E-state index contributed by atoms with van der Waals surface area (Å²) in [6, 6.07) is 6.10. The molecular weight excluding hydrogens is 162 g/mol. The highest BCUT2D eigenvalue weighted by Crippen LogP contribution is 2.08. The molecule has 0 aromatic carbocycles. The summed E-state index contributed by atoms with van der Waals surface area (Å²) >= 11 is 0. The third kappa shape index (κ3) is 2.70. The Bertz CT molecular complexity index is 260. The molecule has 1 rings (SSSR count). The van der Waals surface area contributed by atoms with Crippen LogP contribution in [0, 0.1) is 0 Å². The van der Waals surface area contributed by atoms with Crippen LogP contribution in [0.15, 0.2) is 18.2 Å². The van der Waals surface area contributed by atoms with Gasteiger partial charge in [-0.25, -0.2) is 4.98 Å². The van der Waals surface area contributed by atoms with E-state index in [1.165, 1.54) is 0 Å². The molecule has 1 aromatic heterocycles. The Morgan fingerprint density at radius 3 is 2.85 bits per heavy atom. The molecular formula is C10H17N3. The molecule has 1 heterocycles. The second-order valence-electron chi connectivity index (χ2n) is 3.03. The average Bonchev–Trinajstić information content (AvgIpc) is 2.18. The minimum Gasteiger partial charge on any atom is -0.360 e. The van der Waals surface area contributed by atoms with E-state index in [2.05, 4.69) is 22.1 Å². The van der Waals surface area contributed by atoms with E-state index in [4.69, 9.17) is 0 Å². The molecule has 0 aliphatic carbocycles. The van der Waals surface area contributed by atoms with Gasteiger partial charge in [0.15, 0.2) is 0 Å². The Morgan fingerprint density at radius 2 is 2.23 bits per heavy atom. The van der Waals surface area contributed by atoms with E-state index in [1.807, 2.05) is 32.3 Å². The lowest BCUT2D eigenvalue weighted by molar-refractivity contribution is 0.786. The van der Waals surface area contributed by atoms with Crippen LogP contribution < -0.4 is 10.2 Å². The van der Waals surface area contributed by atoms with Gasteiger partial charge in [0.25, 0.3) is 0 Å². The van der Waals surface area contributed by atoms with Gasteiger partial charge in [0.05, 0.1) is 5.69 Å². The largest absolute Gasteiger partial charge is 0.360 e. The lowest BCUT2D eigenvalue weighted by Gasteiger charge is -2.15. The highest BCUT2D eigenvalue weighted by Gasteiger charge is 1.99. The van der Waals surface area contributed by atoms with Crippen molar-refractivity contribution in [2.45, 2.75) is 13.5 Å². The number of hydrogen-bond donors (Lipinski definition) is 1. The topological polar surface area (TPSA) is 28.2 Å². The van der Waals surface area contributed by atoms with Gasteiger partial charge in [0, 0.05) is 20.1 Å². The molecule has 0 amide bonds. The van der Waals surface area contributed by atoms with Crippen LogP contribution in [0.4, 0.5) is 5.82 Å². The van der Waals surface area contributed by atoms with E-state index in [0.717, 1.165) is 24.6 Å². The zero-order chi connectivity index (χ0) is 9.68. The highest BCUT2D eigenvalue weighted by atomic mass is 15.2. The number of hydrogen-bond acceptors (Lipinski definition) is 3. The van der Waals surface area contributed by atoms with Crippen LogP contribution in [0.25, 0.3) is 0 Å². The summed E-state index contributed by atoms with van der Waals surface area (Å²) in [5.74, 6) is 1.04. The third-order valence-electron chi connectivity index (χ3n) is 2.02. The lowest BCUT2D eigenvalue weighted by atomic mass is 10.3. The second kappa shape index (κ2) is 4.82. The number of aromatic nitrogens is 1. The van der Waals surface area contributed by atoms with Crippen molar-refractivity contribution in [3.05, 3.63) is 23.9 Å². The van der Waals surface area contributed by atoms with Crippen LogP contribution in [0.1, 0.15) is 12.6 Å². The maximum absolute atomic E-state index is 4.50. The summed E-state index contributed by atoms with van der Waals surface area (Å²) in [7, 11) is 3.98. The van der Waals surface area contributed by atoms with Crippen LogP contribution in [0.2, 0.25) is 0 Å². The van der Waals surface area contributed by atoms with Crippen molar-refractivity contribution >= 4 is 5.82 Å². The first kappa shape index (κ1) is 9.99. The molecule has 0 aliphatic heterocycles. The van der Waals surface area contributed by atoms with Crippen molar-refractivity contribution in [1.29, 1.82) is 0 Å². The minimum absolute atomic E-state index is 0.825. The first-order valence-corrected chi connectivity index (χ1v) is 4.59. The smallest absolute Gasteiger partial charge is 0.128 e. The van der Waals surface area contributed by atoms with E-state index in [1.54, 1.807) is 0 Å². The summed E-state index contributed by atoms with van der Waals surface area (Å²) in [5, 5.41) is 3.09. The first-order chi connectivity index (χ1) is 6.27. The van der Waals surface area contributed by atoms with E-state index >= 15 is 0 Å². The van der Waals surface area contributed by atoms with Crippen LogP contribution in [0.5, 0.6) is 0 Å².